The van der Waals surface area contributed by atoms with Crippen LogP contribution in [-0.4, -0.2) is 52.3 Å². The molecule has 36 heavy (non-hydrogen) atoms. The van der Waals surface area contributed by atoms with E-state index in [2.05, 4.69) is 20.0 Å². The maximum Gasteiger partial charge on any atom is 0.573 e. The summed E-state index contributed by atoms with van der Waals surface area (Å²) < 4.78 is 41.0. The normalized spacial score (nSPS) is 14.7. The lowest BCUT2D eigenvalue weighted by Crippen LogP contribution is -2.38. The number of hydrogen-bond acceptors (Lipinski definition) is 5. The van der Waals surface area contributed by atoms with Gasteiger partial charge in [0, 0.05) is 43.1 Å². The van der Waals surface area contributed by atoms with Crippen molar-refractivity contribution < 1.29 is 22.7 Å². The number of nitrogens with zero attached hydrogens (tertiary/aromatic N) is 3. The van der Waals surface area contributed by atoms with Gasteiger partial charge in [-0.1, -0.05) is 12.1 Å². The van der Waals surface area contributed by atoms with Crippen molar-refractivity contribution in [3.63, 3.8) is 0 Å². The van der Waals surface area contributed by atoms with Gasteiger partial charge in [0.05, 0.1) is 0 Å². The standard InChI is InChI=1S/C26H24F3N5O2/c1-30-19-4-2-3-18(15-19)23-32-22-21(9-12-31-24(22)33-23)16-10-13-34(14-11-16)25(35)17-5-7-20(8-6-17)36-26(27,28)29/h2-9,12,15-16,30H,10-11,13-14H2,1H3,(H,31,32,33). The van der Waals surface area contributed by atoms with E-state index in [4.69, 9.17) is 4.98 Å². The number of hydrogen-bond donors (Lipinski definition) is 2. The van der Waals surface area contributed by atoms with Gasteiger partial charge >= 0.3 is 6.36 Å². The summed E-state index contributed by atoms with van der Waals surface area (Å²) in [5.74, 6) is 0.392. The largest absolute Gasteiger partial charge is 0.573 e. The number of amides is 1. The molecule has 1 aliphatic heterocycles. The molecule has 1 saturated heterocycles. The Labute approximate surface area is 205 Å². The molecule has 2 aromatic carbocycles. The van der Waals surface area contributed by atoms with Crippen LogP contribution in [0.5, 0.6) is 5.75 Å². The van der Waals surface area contributed by atoms with Crippen LogP contribution < -0.4 is 10.1 Å². The number of fused-ring (bicyclic) bond motifs is 1. The van der Waals surface area contributed by atoms with E-state index in [0.717, 1.165) is 58.8 Å². The molecule has 0 atom stereocenters. The quantitative estimate of drug-likeness (QED) is 0.378. The summed E-state index contributed by atoms with van der Waals surface area (Å²) in [6.07, 6.45) is -1.50. The third kappa shape index (κ3) is 4.98. The molecule has 10 heteroatoms. The molecule has 7 nitrogen and oxygen atoms in total. The molecular weight excluding hydrogens is 471 g/mol. The van der Waals surface area contributed by atoms with Crippen LogP contribution in [0.3, 0.4) is 0 Å². The number of carbonyl (C=O) groups is 1. The summed E-state index contributed by atoms with van der Waals surface area (Å²) in [6, 6.07) is 15.0. The zero-order valence-electron chi connectivity index (χ0n) is 19.5. The first kappa shape index (κ1) is 23.7. The molecule has 1 fully saturated rings. The van der Waals surface area contributed by atoms with Crippen LogP contribution in [0.1, 0.15) is 34.7 Å². The van der Waals surface area contributed by atoms with Crippen LogP contribution in [0.2, 0.25) is 0 Å². The highest BCUT2D eigenvalue weighted by molar-refractivity contribution is 5.94. The zero-order chi connectivity index (χ0) is 25.3. The van der Waals surface area contributed by atoms with Gasteiger partial charge in [-0.2, -0.15) is 0 Å². The average Bonchev–Trinajstić information content (AvgIpc) is 3.33. The number of nitrogens with one attached hydrogen (secondary N) is 2. The zero-order valence-corrected chi connectivity index (χ0v) is 19.5. The molecule has 186 valence electrons. The topological polar surface area (TPSA) is 83.1 Å². The molecule has 0 saturated carbocycles. The molecule has 0 radical (unpaired) electrons. The highest BCUT2D eigenvalue weighted by Gasteiger charge is 2.31. The Morgan fingerprint density at radius 3 is 2.56 bits per heavy atom. The second-order valence-electron chi connectivity index (χ2n) is 8.65. The molecule has 0 bridgehead atoms. The molecule has 0 spiro atoms. The third-order valence-corrected chi connectivity index (χ3v) is 6.40. The average molecular weight is 496 g/mol. The number of anilines is 1. The SMILES string of the molecule is CNc1cccc(-c2nc3c(C4CCN(C(=O)c5ccc(OC(F)(F)F)cc5)CC4)ccnc3[nH]2)c1. The third-order valence-electron chi connectivity index (χ3n) is 6.40. The number of halogens is 3. The number of ether oxygens (including phenoxy) is 1. The van der Waals surface area contributed by atoms with E-state index in [1.54, 1.807) is 11.1 Å². The highest BCUT2D eigenvalue weighted by atomic mass is 19.4. The fourth-order valence-corrected chi connectivity index (χ4v) is 4.59. The van der Waals surface area contributed by atoms with Gasteiger partial charge in [-0.05, 0) is 66.8 Å². The van der Waals surface area contributed by atoms with E-state index in [-0.39, 0.29) is 17.6 Å². The van der Waals surface area contributed by atoms with Crippen LogP contribution in [0.4, 0.5) is 18.9 Å². The van der Waals surface area contributed by atoms with Crippen molar-refractivity contribution in [3.05, 3.63) is 71.9 Å². The first-order chi connectivity index (χ1) is 17.3. The summed E-state index contributed by atoms with van der Waals surface area (Å²) in [5, 5.41) is 3.13. The van der Waals surface area contributed by atoms with Gasteiger partial charge in [0.2, 0.25) is 0 Å². The van der Waals surface area contributed by atoms with Crippen molar-refractivity contribution in [2.45, 2.75) is 25.1 Å². The van der Waals surface area contributed by atoms with Gasteiger partial charge in [-0.3, -0.25) is 4.79 Å². The van der Waals surface area contributed by atoms with E-state index in [0.29, 0.717) is 18.7 Å². The molecular formula is C26H24F3N5O2. The van der Waals surface area contributed by atoms with Crippen LogP contribution >= 0.6 is 0 Å². The first-order valence-electron chi connectivity index (χ1n) is 11.6. The summed E-state index contributed by atoms with van der Waals surface area (Å²) in [7, 11) is 1.87. The van der Waals surface area contributed by atoms with Crippen molar-refractivity contribution in [1.29, 1.82) is 0 Å². The number of alkyl halides is 3. The number of benzene rings is 2. The monoisotopic (exact) mass is 495 g/mol. The van der Waals surface area contributed by atoms with Crippen LogP contribution in [-0.2, 0) is 0 Å². The Morgan fingerprint density at radius 2 is 1.86 bits per heavy atom. The van der Waals surface area contributed by atoms with Crippen LogP contribution in [0, 0.1) is 0 Å². The number of pyridine rings is 1. The van der Waals surface area contributed by atoms with Crippen molar-refractivity contribution in [2.75, 3.05) is 25.5 Å². The molecule has 2 N–H and O–H groups in total. The smallest absolute Gasteiger partial charge is 0.406 e. The predicted octanol–water partition coefficient (Wildman–Crippen LogP) is 5.59. The van der Waals surface area contributed by atoms with E-state index < -0.39 is 6.36 Å². The number of H-pyrrole nitrogens is 1. The molecule has 1 aliphatic rings. The summed E-state index contributed by atoms with van der Waals surface area (Å²) in [4.78, 5) is 27.2. The Bertz CT molecular complexity index is 1380. The maximum absolute atomic E-state index is 12.9. The second-order valence-corrected chi connectivity index (χ2v) is 8.65. The van der Waals surface area contributed by atoms with Crippen molar-refractivity contribution in [2.24, 2.45) is 0 Å². The van der Waals surface area contributed by atoms with Crippen molar-refractivity contribution >= 4 is 22.8 Å². The van der Waals surface area contributed by atoms with E-state index in [1.807, 2.05) is 37.4 Å². The fraction of sp³-hybridized carbons (Fsp3) is 0.269. The molecule has 1 amide bonds. The summed E-state index contributed by atoms with van der Waals surface area (Å²) in [6.45, 7) is 1.07. The Hall–Kier alpha value is -4.08. The number of piperidine rings is 1. The maximum atomic E-state index is 12.9. The van der Waals surface area contributed by atoms with Gasteiger partial charge in [0.25, 0.3) is 5.91 Å². The lowest BCUT2D eigenvalue weighted by Gasteiger charge is -2.32. The van der Waals surface area contributed by atoms with E-state index in [1.165, 1.54) is 12.1 Å². The van der Waals surface area contributed by atoms with E-state index >= 15 is 0 Å². The summed E-state index contributed by atoms with van der Waals surface area (Å²) in [5.41, 5.74) is 4.91. The van der Waals surface area contributed by atoms with Gasteiger partial charge in [0.1, 0.15) is 17.1 Å². The number of carbonyl (C=O) groups excluding carboxylic acids is 1. The molecule has 0 unspecified atom stereocenters. The number of aromatic amines is 1. The molecule has 5 rings (SSSR count). The Balaban J connectivity index is 1.29. The Kier molecular flexibility index (Phi) is 6.26. The minimum absolute atomic E-state index is 0.210. The number of aromatic nitrogens is 3. The van der Waals surface area contributed by atoms with E-state index in [9.17, 15) is 18.0 Å². The van der Waals surface area contributed by atoms with Gasteiger partial charge in [-0.15, -0.1) is 13.2 Å². The first-order valence-corrected chi connectivity index (χ1v) is 11.6. The number of likely N-dealkylation sites (tertiary alicyclic amines) is 1. The highest BCUT2D eigenvalue weighted by Crippen LogP contribution is 2.33. The number of imidazole rings is 1. The minimum atomic E-state index is -4.77. The number of rotatable bonds is 5. The molecule has 4 aromatic rings. The summed E-state index contributed by atoms with van der Waals surface area (Å²) >= 11 is 0. The van der Waals surface area contributed by atoms with Gasteiger partial charge in [0.15, 0.2) is 5.65 Å². The molecule has 3 heterocycles. The molecule has 0 aliphatic carbocycles. The van der Waals surface area contributed by atoms with Crippen LogP contribution in [0.15, 0.2) is 60.8 Å². The predicted molar refractivity (Wildman–Crippen MR) is 130 cm³/mol. The molecule has 2 aromatic heterocycles. The van der Waals surface area contributed by atoms with Crippen molar-refractivity contribution in [3.8, 4) is 17.1 Å². The lowest BCUT2D eigenvalue weighted by atomic mass is 9.89. The lowest BCUT2D eigenvalue weighted by molar-refractivity contribution is -0.274. The fourth-order valence-electron chi connectivity index (χ4n) is 4.59. The Morgan fingerprint density at radius 1 is 1.11 bits per heavy atom. The van der Waals surface area contributed by atoms with Crippen molar-refractivity contribution in [1.82, 2.24) is 19.9 Å². The minimum Gasteiger partial charge on any atom is -0.406 e. The second kappa shape index (κ2) is 9.52. The van der Waals surface area contributed by atoms with Gasteiger partial charge in [-0.25, -0.2) is 9.97 Å². The van der Waals surface area contributed by atoms with Crippen LogP contribution in [0.25, 0.3) is 22.6 Å². The van der Waals surface area contributed by atoms with Gasteiger partial charge < -0.3 is 19.9 Å².